The van der Waals surface area contributed by atoms with Gasteiger partial charge in [0.05, 0.1) is 5.69 Å². The first kappa shape index (κ1) is 26.3. The molecule has 0 saturated heterocycles. The predicted molar refractivity (Wildman–Crippen MR) is 194 cm³/mol. The zero-order valence-corrected chi connectivity index (χ0v) is 25.1. The third-order valence-corrected chi connectivity index (χ3v) is 9.03. The van der Waals surface area contributed by atoms with Crippen LogP contribution in [0.3, 0.4) is 0 Å². The second-order valence-electron chi connectivity index (χ2n) is 11.7. The van der Waals surface area contributed by atoms with Crippen LogP contribution in [0.4, 0.5) is 17.1 Å². The number of rotatable bonds is 5. The molecule has 1 heterocycles. The van der Waals surface area contributed by atoms with Crippen LogP contribution in [-0.4, -0.2) is 0 Å². The average molecular weight is 588 g/mol. The third kappa shape index (κ3) is 4.35. The minimum Gasteiger partial charge on any atom is -0.455 e. The fourth-order valence-electron chi connectivity index (χ4n) is 6.84. The highest BCUT2D eigenvalue weighted by molar-refractivity contribution is 6.21. The van der Waals surface area contributed by atoms with Crippen molar-refractivity contribution in [3.05, 3.63) is 176 Å². The molecule has 9 rings (SSSR count). The molecule has 9 aromatic rings. The van der Waals surface area contributed by atoms with Crippen LogP contribution in [0.25, 0.3) is 65.7 Å². The van der Waals surface area contributed by atoms with Gasteiger partial charge in [-0.05, 0) is 75.3 Å². The Hall–Kier alpha value is -6.12. The summed E-state index contributed by atoms with van der Waals surface area (Å²) in [7, 11) is 0. The molecule has 0 spiro atoms. The molecule has 0 N–H and O–H groups in total. The first-order valence-electron chi connectivity index (χ1n) is 15.7. The van der Waals surface area contributed by atoms with Crippen LogP contribution in [0.5, 0.6) is 0 Å². The SMILES string of the molecule is c1ccc(-c2ccc(N(c3ccc4ccccc4c3)c3ccc4oc5c6ccccc6ccc5c4c3-c3ccccc3)cc2)cc1. The summed E-state index contributed by atoms with van der Waals surface area (Å²) in [6.45, 7) is 0. The van der Waals surface area contributed by atoms with E-state index in [9.17, 15) is 0 Å². The van der Waals surface area contributed by atoms with E-state index in [-0.39, 0.29) is 0 Å². The number of furan rings is 1. The second kappa shape index (κ2) is 10.8. The topological polar surface area (TPSA) is 16.4 Å². The van der Waals surface area contributed by atoms with E-state index in [1.165, 1.54) is 27.3 Å². The van der Waals surface area contributed by atoms with Crippen LogP contribution in [0, 0.1) is 0 Å². The van der Waals surface area contributed by atoms with Crippen LogP contribution in [0.2, 0.25) is 0 Å². The van der Waals surface area contributed by atoms with Crippen LogP contribution < -0.4 is 4.90 Å². The standard InChI is InChI=1S/C44H29NO/c1-3-11-30(12-4-1)32-19-23-36(24-20-32)45(37-25-21-31-13-7-8-17-35(31)29-37)40-27-28-41-43(42(40)34-15-5-2-6-16-34)39-26-22-33-14-9-10-18-38(33)44(39)46-41/h1-29H. The van der Waals surface area contributed by atoms with Crippen molar-refractivity contribution in [2.45, 2.75) is 0 Å². The smallest absolute Gasteiger partial charge is 0.143 e. The number of benzene rings is 8. The maximum Gasteiger partial charge on any atom is 0.143 e. The Morgan fingerprint density at radius 1 is 0.391 bits per heavy atom. The van der Waals surface area contributed by atoms with Gasteiger partial charge in [0.2, 0.25) is 0 Å². The minimum absolute atomic E-state index is 0.881. The summed E-state index contributed by atoms with van der Waals surface area (Å²) in [6, 6.07) is 62.7. The van der Waals surface area contributed by atoms with Crippen LogP contribution in [0.15, 0.2) is 180 Å². The van der Waals surface area contributed by atoms with Crippen LogP contribution in [0.1, 0.15) is 0 Å². The average Bonchev–Trinajstić information content (AvgIpc) is 3.52. The van der Waals surface area contributed by atoms with E-state index >= 15 is 0 Å². The summed E-state index contributed by atoms with van der Waals surface area (Å²) in [4.78, 5) is 2.39. The molecule has 2 heteroatoms. The number of nitrogens with zero attached hydrogens (tertiary/aromatic N) is 1. The van der Waals surface area contributed by atoms with Crippen molar-refractivity contribution in [2.24, 2.45) is 0 Å². The van der Waals surface area contributed by atoms with Crippen molar-refractivity contribution in [2.75, 3.05) is 4.90 Å². The highest BCUT2D eigenvalue weighted by Crippen LogP contribution is 2.48. The largest absolute Gasteiger partial charge is 0.455 e. The summed E-state index contributed by atoms with van der Waals surface area (Å²) < 4.78 is 6.68. The molecular formula is C44H29NO. The van der Waals surface area contributed by atoms with Gasteiger partial charge in [0.15, 0.2) is 0 Å². The first-order chi connectivity index (χ1) is 22.8. The normalized spacial score (nSPS) is 11.5. The van der Waals surface area contributed by atoms with E-state index in [2.05, 4.69) is 181 Å². The van der Waals surface area contributed by atoms with Gasteiger partial charge in [0, 0.05) is 33.1 Å². The molecule has 1 aromatic heterocycles. The molecule has 0 aliphatic carbocycles. The molecule has 8 aromatic carbocycles. The molecular weight excluding hydrogens is 558 g/mol. The van der Waals surface area contributed by atoms with Crippen molar-refractivity contribution in [1.29, 1.82) is 0 Å². The van der Waals surface area contributed by atoms with Crippen molar-refractivity contribution in [3.8, 4) is 22.3 Å². The van der Waals surface area contributed by atoms with Crippen molar-refractivity contribution < 1.29 is 4.42 Å². The molecule has 0 aliphatic rings. The van der Waals surface area contributed by atoms with Gasteiger partial charge in [-0.3, -0.25) is 0 Å². The van der Waals surface area contributed by atoms with Gasteiger partial charge in [-0.25, -0.2) is 0 Å². The lowest BCUT2D eigenvalue weighted by atomic mass is 9.95. The van der Waals surface area contributed by atoms with Gasteiger partial charge in [0.25, 0.3) is 0 Å². The number of hydrogen-bond donors (Lipinski definition) is 0. The minimum atomic E-state index is 0.881. The molecule has 0 amide bonds. The summed E-state index contributed by atoms with van der Waals surface area (Å²) in [5.74, 6) is 0. The van der Waals surface area contributed by atoms with Crippen molar-refractivity contribution >= 4 is 60.5 Å². The Morgan fingerprint density at radius 3 is 1.78 bits per heavy atom. The second-order valence-corrected chi connectivity index (χ2v) is 11.7. The fourth-order valence-corrected chi connectivity index (χ4v) is 6.84. The van der Waals surface area contributed by atoms with Crippen molar-refractivity contribution in [3.63, 3.8) is 0 Å². The van der Waals surface area contributed by atoms with E-state index in [1.54, 1.807) is 0 Å². The monoisotopic (exact) mass is 587 g/mol. The number of hydrogen-bond acceptors (Lipinski definition) is 2. The third-order valence-electron chi connectivity index (χ3n) is 9.03. The molecule has 0 bridgehead atoms. The molecule has 0 aliphatic heterocycles. The highest BCUT2D eigenvalue weighted by atomic mass is 16.3. The van der Waals surface area contributed by atoms with E-state index in [0.717, 1.165) is 55.5 Å². The van der Waals surface area contributed by atoms with Gasteiger partial charge >= 0.3 is 0 Å². The van der Waals surface area contributed by atoms with E-state index < -0.39 is 0 Å². The van der Waals surface area contributed by atoms with E-state index in [0.29, 0.717) is 0 Å². The Bertz CT molecular complexity index is 2510. The molecule has 216 valence electrons. The maximum atomic E-state index is 6.68. The van der Waals surface area contributed by atoms with Gasteiger partial charge < -0.3 is 9.32 Å². The van der Waals surface area contributed by atoms with Gasteiger partial charge in [-0.2, -0.15) is 0 Å². The molecule has 0 saturated carbocycles. The first-order valence-corrected chi connectivity index (χ1v) is 15.7. The molecule has 46 heavy (non-hydrogen) atoms. The van der Waals surface area contributed by atoms with Gasteiger partial charge in [-0.1, -0.05) is 133 Å². The molecule has 2 nitrogen and oxygen atoms in total. The lowest BCUT2D eigenvalue weighted by Crippen LogP contribution is -2.11. The predicted octanol–water partition coefficient (Wildman–Crippen LogP) is 12.7. The molecule has 0 atom stereocenters. The highest BCUT2D eigenvalue weighted by Gasteiger charge is 2.23. The zero-order chi connectivity index (χ0) is 30.5. The van der Waals surface area contributed by atoms with Crippen LogP contribution in [-0.2, 0) is 0 Å². The maximum absolute atomic E-state index is 6.68. The summed E-state index contributed by atoms with van der Waals surface area (Å²) in [6.07, 6.45) is 0. The Balaban J connectivity index is 1.34. The Morgan fingerprint density at radius 2 is 1.00 bits per heavy atom. The summed E-state index contributed by atoms with van der Waals surface area (Å²) in [5.41, 5.74) is 9.77. The van der Waals surface area contributed by atoms with Crippen molar-refractivity contribution in [1.82, 2.24) is 0 Å². The van der Waals surface area contributed by atoms with Crippen LogP contribution >= 0.6 is 0 Å². The van der Waals surface area contributed by atoms with Gasteiger partial charge in [-0.15, -0.1) is 0 Å². The molecule has 0 radical (unpaired) electrons. The zero-order valence-electron chi connectivity index (χ0n) is 25.1. The fraction of sp³-hybridized carbons (Fsp3) is 0. The lowest BCUT2D eigenvalue weighted by molar-refractivity contribution is 0.673. The Kier molecular flexibility index (Phi) is 6.17. The lowest BCUT2D eigenvalue weighted by Gasteiger charge is -2.29. The van der Waals surface area contributed by atoms with Gasteiger partial charge in [0.1, 0.15) is 11.2 Å². The molecule has 0 fully saturated rings. The molecule has 0 unspecified atom stereocenters. The summed E-state index contributed by atoms with van der Waals surface area (Å²) >= 11 is 0. The quantitative estimate of drug-likeness (QED) is 0.199. The van der Waals surface area contributed by atoms with E-state index in [1.807, 2.05) is 0 Å². The number of anilines is 3. The summed E-state index contributed by atoms with van der Waals surface area (Å²) in [5, 5.41) is 6.96. The Labute approximate surface area is 267 Å². The number of fused-ring (bicyclic) bond motifs is 6. The van der Waals surface area contributed by atoms with E-state index in [4.69, 9.17) is 4.42 Å².